The number of anilines is 1. The molecule has 0 saturated heterocycles. The summed E-state index contributed by atoms with van der Waals surface area (Å²) >= 11 is 0. The van der Waals surface area contributed by atoms with Crippen LogP contribution in [0, 0.1) is 18.3 Å². The highest BCUT2D eigenvalue weighted by molar-refractivity contribution is 5.93. The molecule has 21 heavy (non-hydrogen) atoms. The fourth-order valence-corrected chi connectivity index (χ4v) is 1.70. The molecule has 2 aromatic rings. The van der Waals surface area contributed by atoms with Gasteiger partial charge >= 0.3 is 0 Å². The van der Waals surface area contributed by atoms with E-state index in [0.29, 0.717) is 17.1 Å². The van der Waals surface area contributed by atoms with Gasteiger partial charge in [0.15, 0.2) is 6.10 Å². The highest BCUT2D eigenvalue weighted by Gasteiger charge is 2.16. The third-order valence-electron chi connectivity index (χ3n) is 2.92. The number of benzene rings is 1. The number of pyridine rings is 1. The van der Waals surface area contributed by atoms with Crippen molar-refractivity contribution in [1.29, 1.82) is 5.26 Å². The molecule has 5 nitrogen and oxygen atoms in total. The lowest BCUT2D eigenvalue weighted by Gasteiger charge is -2.15. The molecule has 1 heterocycles. The summed E-state index contributed by atoms with van der Waals surface area (Å²) in [5, 5.41) is 11.5. The number of aryl methyl sites for hydroxylation is 1. The maximum atomic E-state index is 12.1. The van der Waals surface area contributed by atoms with Crippen molar-refractivity contribution in [3.63, 3.8) is 0 Å². The number of ether oxygens (including phenoxy) is 1. The van der Waals surface area contributed by atoms with E-state index < -0.39 is 6.10 Å². The molecule has 0 fully saturated rings. The van der Waals surface area contributed by atoms with Crippen molar-refractivity contribution in [2.24, 2.45) is 0 Å². The van der Waals surface area contributed by atoms with Crippen LogP contribution in [-0.2, 0) is 4.79 Å². The smallest absolute Gasteiger partial charge is 0.266 e. The molecular weight excluding hydrogens is 266 g/mol. The van der Waals surface area contributed by atoms with Gasteiger partial charge in [-0.2, -0.15) is 5.26 Å². The average Bonchev–Trinajstić information content (AvgIpc) is 2.50. The highest BCUT2D eigenvalue weighted by Crippen LogP contribution is 2.15. The molecule has 0 spiro atoms. The predicted octanol–water partition coefficient (Wildman–Crippen LogP) is 2.67. The molecule has 1 aromatic heterocycles. The molecule has 106 valence electrons. The number of nitriles is 1. The van der Waals surface area contributed by atoms with Gasteiger partial charge in [0.2, 0.25) is 0 Å². The van der Waals surface area contributed by atoms with Crippen LogP contribution in [0.4, 0.5) is 5.82 Å². The average molecular weight is 281 g/mol. The molecule has 0 saturated carbocycles. The first kappa shape index (κ1) is 14.5. The van der Waals surface area contributed by atoms with Gasteiger partial charge in [-0.05, 0) is 49.7 Å². The van der Waals surface area contributed by atoms with Crippen LogP contribution >= 0.6 is 0 Å². The molecule has 1 unspecified atom stereocenters. The van der Waals surface area contributed by atoms with Gasteiger partial charge in [-0.15, -0.1) is 0 Å². The zero-order valence-corrected chi connectivity index (χ0v) is 11.8. The van der Waals surface area contributed by atoms with Gasteiger partial charge < -0.3 is 10.1 Å². The van der Waals surface area contributed by atoms with Crippen molar-refractivity contribution in [1.82, 2.24) is 4.98 Å². The number of rotatable bonds is 4. The molecular formula is C16H15N3O2. The van der Waals surface area contributed by atoms with E-state index in [1.54, 1.807) is 37.4 Å². The van der Waals surface area contributed by atoms with Crippen molar-refractivity contribution < 1.29 is 9.53 Å². The number of nitrogens with one attached hydrogen (secondary N) is 1. The summed E-state index contributed by atoms with van der Waals surface area (Å²) in [6.07, 6.45) is 0.953. The predicted molar refractivity (Wildman–Crippen MR) is 78.9 cm³/mol. The Hall–Kier alpha value is -2.87. The van der Waals surface area contributed by atoms with Gasteiger partial charge in [0.25, 0.3) is 5.91 Å². The normalized spacial score (nSPS) is 11.3. The lowest BCUT2D eigenvalue weighted by molar-refractivity contribution is -0.122. The Morgan fingerprint density at radius 1 is 1.33 bits per heavy atom. The van der Waals surface area contributed by atoms with Gasteiger partial charge in [0.05, 0.1) is 11.6 Å². The molecule has 1 atom stereocenters. The van der Waals surface area contributed by atoms with Crippen molar-refractivity contribution in [2.75, 3.05) is 5.32 Å². The van der Waals surface area contributed by atoms with Crippen LogP contribution in [0.25, 0.3) is 0 Å². The van der Waals surface area contributed by atoms with Crippen LogP contribution in [0.15, 0.2) is 42.6 Å². The SMILES string of the molecule is Cc1cccnc1NC(=O)C(C)Oc1ccc(C#N)cc1. The molecule has 2 rings (SSSR count). The standard InChI is InChI=1S/C16H15N3O2/c1-11-4-3-9-18-15(11)19-16(20)12(2)21-14-7-5-13(10-17)6-8-14/h3-9,12H,1-2H3,(H,18,19,20). The number of carbonyl (C=O) groups is 1. The van der Waals surface area contributed by atoms with E-state index in [0.717, 1.165) is 5.56 Å². The lowest BCUT2D eigenvalue weighted by Crippen LogP contribution is -2.30. The molecule has 0 radical (unpaired) electrons. The number of amides is 1. The van der Waals surface area contributed by atoms with E-state index in [4.69, 9.17) is 10.00 Å². The van der Waals surface area contributed by atoms with E-state index in [2.05, 4.69) is 10.3 Å². The van der Waals surface area contributed by atoms with Crippen LogP contribution in [0.5, 0.6) is 5.75 Å². The van der Waals surface area contributed by atoms with E-state index in [1.165, 1.54) is 0 Å². The third kappa shape index (κ3) is 3.80. The van der Waals surface area contributed by atoms with E-state index in [-0.39, 0.29) is 5.91 Å². The quantitative estimate of drug-likeness (QED) is 0.934. The molecule has 1 N–H and O–H groups in total. The zero-order chi connectivity index (χ0) is 15.2. The summed E-state index contributed by atoms with van der Waals surface area (Å²) in [7, 11) is 0. The molecule has 0 aliphatic heterocycles. The van der Waals surface area contributed by atoms with Gasteiger partial charge in [-0.1, -0.05) is 6.07 Å². The number of hydrogen-bond acceptors (Lipinski definition) is 4. The molecule has 0 bridgehead atoms. The Morgan fingerprint density at radius 3 is 2.67 bits per heavy atom. The maximum absolute atomic E-state index is 12.1. The van der Waals surface area contributed by atoms with Crippen LogP contribution < -0.4 is 10.1 Å². The summed E-state index contributed by atoms with van der Waals surface area (Å²) in [6.45, 7) is 3.53. The van der Waals surface area contributed by atoms with E-state index in [1.807, 2.05) is 25.1 Å². The first-order valence-corrected chi connectivity index (χ1v) is 6.49. The molecule has 0 aliphatic rings. The molecule has 0 aliphatic carbocycles. The largest absolute Gasteiger partial charge is 0.481 e. The minimum Gasteiger partial charge on any atom is -0.481 e. The highest BCUT2D eigenvalue weighted by atomic mass is 16.5. The minimum absolute atomic E-state index is 0.277. The molecule has 1 amide bonds. The second-order valence-electron chi connectivity index (χ2n) is 4.55. The Kier molecular flexibility index (Phi) is 4.52. The van der Waals surface area contributed by atoms with Crippen molar-refractivity contribution >= 4 is 11.7 Å². The first-order chi connectivity index (χ1) is 10.1. The number of aromatic nitrogens is 1. The van der Waals surface area contributed by atoms with Crippen LogP contribution in [-0.4, -0.2) is 17.0 Å². The molecule has 5 heteroatoms. The van der Waals surface area contributed by atoms with E-state index >= 15 is 0 Å². The van der Waals surface area contributed by atoms with Gasteiger partial charge in [0, 0.05) is 6.20 Å². The lowest BCUT2D eigenvalue weighted by atomic mass is 10.2. The van der Waals surface area contributed by atoms with Crippen LogP contribution in [0.3, 0.4) is 0 Å². The Labute approximate surface area is 123 Å². The van der Waals surface area contributed by atoms with Crippen molar-refractivity contribution in [3.8, 4) is 11.8 Å². The number of carbonyl (C=O) groups excluding carboxylic acids is 1. The van der Waals surface area contributed by atoms with Crippen LogP contribution in [0.2, 0.25) is 0 Å². The summed E-state index contributed by atoms with van der Waals surface area (Å²) in [4.78, 5) is 16.2. The Balaban J connectivity index is 1.99. The Morgan fingerprint density at radius 2 is 2.05 bits per heavy atom. The Bertz CT molecular complexity index is 675. The van der Waals surface area contributed by atoms with Gasteiger partial charge in [0.1, 0.15) is 11.6 Å². The van der Waals surface area contributed by atoms with E-state index in [9.17, 15) is 4.79 Å². The van der Waals surface area contributed by atoms with Crippen molar-refractivity contribution in [3.05, 3.63) is 53.7 Å². The topological polar surface area (TPSA) is 75.0 Å². The summed E-state index contributed by atoms with van der Waals surface area (Å²) in [5.41, 5.74) is 1.43. The number of hydrogen-bond donors (Lipinski definition) is 1. The fraction of sp³-hybridized carbons (Fsp3) is 0.188. The summed E-state index contributed by atoms with van der Waals surface area (Å²) in [6, 6.07) is 12.3. The van der Waals surface area contributed by atoms with Gasteiger partial charge in [-0.3, -0.25) is 4.79 Å². The fourth-order valence-electron chi connectivity index (χ4n) is 1.70. The number of nitrogens with zero attached hydrogens (tertiary/aromatic N) is 2. The molecule has 1 aromatic carbocycles. The second kappa shape index (κ2) is 6.53. The second-order valence-corrected chi connectivity index (χ2v) is 4.55. The minimum atomic E-state index is -0.667. The summed E-state index contributed by atoms with van der Waals surface area (Å²) in [5.74, 6) is 0.785. The van der Waals surface area contributed by atoms with Crippen molar-refractivity contribution in [2.45, 2.75) is 20.0 Å². The maximum Gasteiger partial charge on any atom is 0.266 e. The van der Waals surface area contributed by atoms with Gasteiger partial charge in [-0.25, -0.2) is 4.98 Å². The monoisotopic (exact) mass is 281 g/mol. The summed E-state index contributed by atoms with van der Waals surface area (Å²) < 4.78 is 5.54. The first-order valence-electron chi connectivity index (χ1n) is 6.49. The zero-order valence-electron chi connectivity index (χ0n) is 11.8. The third-order valence-corrected chi connectivity index (χ3v) is 2.92. The van der Waals surface area contributed by atoms with Crippen LogP contribution in [0.1, 0.15) is 18.1 Å².